The zero-order valence-corrected chi connectivity index (χ0v) is 13.4. The molecule has 0 radical (unpaired) electrons. The van der Waals surface area contributed by atoms with Crippen molar-refractivity contribution < 1.29 is 5.21 Å². The van der Waals surface area contributed by atoms with Gasteiger partial charge in [0.25, 0.3) is 0 Å². The van der Waals surface area contributed by atoms with Gasteiger partial charge in [-0.25, -0.2) is 0 Å². The molecule has 0 aliphatic heterocycles. The molecule has 106 valence electrons. The lowest BCUT2D eigenvalue weighted by Gasteiger charge is -2.07. The van der Waals surface area contributed by atoms with E-state index in [9.17, 15) is 0 Å². The Kier molecular flexibility index (Phi) is 3.83. The number of halogens is 1. The molecule has 0 bridgehead atoms. The van der Waals surface area contributed by atoms with Crippen LogP contribution in [0.1, 0.15) is 11.1 Å². The van der Waals surface area contributed by atoms with Crippen molar-refractivity contribution in [2.24, 2.45) is 10.9 Å². The minimum absolute atomic E-state index is 0.124. The number of aromatic nitrogens is 1. The zero-order chi connectivity index (χ0) is 14.8. The van der Waals surface area contributed by atoms with Crippen molar-refractivity contribution in [2.45, 2.75) is 6.54 Å². The van der Waals surface area contributed by atoms with Gasteiger partial charge >= 0.3 is 0 Å². The third-order valence-corrected chi connectivity index (χ3v) is 4.16. The summed E-state index contributed by atoms with van der Waals surface area (Å²) in [7, 11) is 0. The van der Waals surface area contributed by atoms with E-state index in [1.807, 2.05) is 18.2 Å². The Morgan fingerprint density at radius 3 is 2.62 bits per heavy atom. The first-order chi connectivity index (χ1) is 10.2. The van der Waals surface area contributed by atoms with E-state index in [1.165, 1.54) is 9.13 Å². The van der Waals surface area contributed by atoms with Gasteiger partial charge in [0.1, 0.15) is 0 Å². The molecule has 2 aromatic carbocycles. The maximum atomic E-state index is 8.80. The molecular formula is C16H14IN3O. The van der Waals surface area contributed by atoms with Crippen LogP contribution in [0.4, 0.5) is 0 Å². The highest BCUT2D eigenvalue weighted by molar-refractivity contribution is 14.1. The lowest BCUT2D eigenvalue weighted by molar-refractivity contribution is 0.318. The number of benzene rings is 2. The number of oxime groups is 1. The second kappa shape index (κ2) is 5.77. The maximum Gasteiger partial charge on any atom is 0.170 e. The molecule has 0 saturated carbocycles. The number of nitrogens with two attached hydrogens (primary N) is 1. The van der Waals surface area contributed by atoms with E-state index in [-0.39, 0.29) is 5.84 Å². The molecule has 3 N–H and O–H groups in total. The summed E-state index contributed by atoms with van der Waals surface area (Å²) in [5.74, 6) is 0.124. The Labute approximate surface area is 136 Å². The van der Waals surface area contributed by atoms with Gasteiger partial charge in [-0.3, -0.25) is 0 Å². The van der Waals surface area contributed by atoms with Crippen LogP contribution < -0.4 is 5.73 Å². The van der Waals surface area contributed by atoms with Gasteiger partial charge in [-0.15, -0.1) is 0 Å². The summed E-state index contributed by atoms with van der Waals surface area (Å²) in [6.45, 7) is 0.792. The molecule has 5 heteroatoms. The van der Waals surface area contributed by atoms with Crippen LogP contribution in [-0.4, -0.2) is 15.6 Å². The van der Waals surface area contributed by atoms with E-state index in [1.54, 1.807) is 0 Å². The number of nitrogens with zero attached hydrogens (tertiary/aromatic N) is 2. The SMILES string of the molecule is N/C(=N/O)c1ccc2ccn(Cc3ccc(I)cc3)c2c1. The number of amidine groups is 1. The molecule has 1 aromatic heterocycles. The normalized spacial score (nSPS) is 12.0. The molecule has 0 aliphatic rings. The van der Waals surface area contributed by atoms with E-state index < -0.39 is 0 Å². The molecule has 1 heterocycles. The fraction of sp³-hybridized carbons (Fsp3) is 0.0625. The van der Waals surface area contributed by atoms with Crippen molar-refractivity contribution in [1.29, 1.82) is 0 Å². The fourth-order valence-corrected chi connectivity index (χ4v) is 2.68. The van der Waals surface area contributed by atoms with E-state index >= 15 is 0 Å². The summed E-state index contributed by atoms with van der Waals surface area (Å²) >= 11 is 2.30. The molecule has 0 spiro atoms. The number of hydrogen-bond donors (Lipinski definition) is 2. The van der Waals surface area contributed by atoms with Crippen molar-refractivity contribution in [2.75, 3.05) is 0 Å². The molecule has 4 nitrogen and oxygen atoms in total. The topological polar surface area (TPSA) is 63.5 Å². The van der Waals surface area contributed by atoms with E-state index in [0.29, 0.717) is 5.56 Å². The first kappa shape index (κ1) is 13.9. The third kappa shape index (κ3) is 2.87. The van der Waals surface area contributed by atoms with Crippen LogP contribution in [0.5, 0.6) is 0 Å². The minimum Gasteiger partial charge on any atom is -0.409 e. The van der Waals surface area contributed by atoms with Gasteiger partial charge in [0.05, 0.1) is 0 Å². The highest BCUT2D eigenvalue weighted by Crippen LogP contribution is 2.19. The molecule has 0 saturated heterocycles. The lowest BCUT2D eigenvalue weighted by Crippen LogP contribution is -2.13. The first-order valence-corrected chi connectivity index (χ1v) is 7.56. The van der Waals surface area contributed by atoms with Crippen molar-refractivity contribution in [3.63, 3.8) is 0 Å². The van der Waals surface area contributed by atoms with Crippen molar-refractivity contribution in [3.05, 3.63) is 69.4 Å². The molecule has 21 heavy (non-hydrogen) atoms. The van der Waals surface area contributed by atoms with Crippen LogP contribution in [0.25, 0.3) is 10.9 Å². The molecule has 0 fully saturated rings. The number of rotatable bonds is 3. The molecule has 0 unspecified atom stereocenters. The number of hydrogen-bond acceptors (Lipinski definition) is 2. The van der Waals surface area contributed by atoms with Gasteiger partial charge in [0.15, 0.2) is 5.84 Å². The van der Waals surface area contributed by atoms with Crippen molar-refractivity contribution in [3.8, 4) is 0 Å². The standard InChI is InChI=1S/C16H14IN3O/c17-14-5-1-11(2-6-14)10-20-8-7-12-3-4-13(9-15(12)20)16(18)19-21/h1-9,21H,10H2,(H2,18,19). The molecule has 0 aliphatic carbocycles. The third-order valence-electron chi connectivity index (χ3n) is 3.44. The Morgan fingerprint density at radius 1 is 1.14 bits per heavy atom. The zero-order valence-electron chi connectivity index (χ0n) is 11.2. The largest absolute Gasteiger partial charge is 0.409 e. The van der Waals surface area contributed by atoms with Gasteiger partial charge in [-0.1, -0.05) is 29.4 Å². The summed E-state index contributed by atoms with van der Waals surface area (Å²) < 4.78 is 3.38. The summed E-state index contributed by atoms with van der Waals surface area (Å²) in [5, 5.41) is 13.0. The summed E-state index contributed by atoms with van der Waals surface area (Å²) in [4.78, 5) is 0. The Morgan fingerprint density at radius 2 is 1.90 bits per heavy atom. The van der Waals surface area contributed by atoms with Crippen LogP contribution in [0, 0.1) is 3.57 Å². The average molecular weight is 391 g/mol. The summed E-state index contributed by atoms with van der Waals surface area (Å²) in [6, 6.07) is 16.3. The van der Waals surface area contributed by atoms with Crippen LogP contribution >= 0.6 is 22.6 Å². The molecular weight excluding hydrogens is 377 g/mol. The average Bonchev–Trinajstić information content (AvgIpc) is 2.91. The summed E-state index contributed by atoms with van der Waals surface area (Å²) in [5.41, 5.74) is 8.68. The lowest BCUT2D eigenvalue weighted by atomic mass is 10.1. The van der Waals surface area contributed by atoms with Gasteiger partial charge in [-0.05, 0) is 57.8 Å². The van der Waals surface area contributed by atoms with Crippen LogP contribution in [0.2, 0.25) is 0 Å². The van der Waals surface area contributed by atoms with Gasteiger partial charge in [0, 0.05) is 27.4 Å². The quantitative estimate of drug-likeness (QED) is 0.236. The first-order valence-electron chi connectivity index (χ1n) is 6.48. The Hall–Kier alpha value is -2.02. The van der Waals surface area contributed by atoms with Gasteiger partial charge in [0.2, 0.25) is 0 Å². The second-order valence-electron chi connectivity index (χ2n) is 4.83. The Bertz CT molecular complexity index is 806. The predicted octanol–water partition coefficient (Wildman–Crippen LogP) is 3.39. The molecule has 3 rings (SSSR count). The van der Waals surface area contributed by atoms with Gasteiger partial charge < -0.3 is 15.5 Å². The van der Waals surface area contributed by atoms with Crippen molar-refractivity contribution in [1.82, 2.24) is 4.57 Å². The van der Waals surface area contributed by atoms with E-state index in [4.69, 9.17) is 10.9 Å². The van der Waals surface area contributed by atoms with Gasteiger partial charge in [-0.2, -0.15) is 0 Å². The highest BCUT2D eigenvalue weighted by Gasteiger charge is 2.06. The van der Waals surface area contributed by atoms with Crippen LogP contribution in [0.15, 0.2) is 59.9 Å². The fourth-order valence-electron chi connectivity index (χ4n) is 2.33. The minimum atomic E-state index is 0.124. The predicted molar refractivity (Wildman–Crippen MR) is 92.7 cm³/mol. The molecule has 0 atom stereocenters. The molecule has 0 amide bonds. The monoisotopic (exact) mass is 391 g/mol. The number of fused-ring (bicyclic) bond motifs is 1. The summed E-state index contributed by atoms with van der Waals surface area (Å²) in [6.07, 6.45) is 2.05. The second-order valence-corrected chi connectivity index (χ2v) is 6.07. The van der Waals surface area contributed by atoms with E-state index in [0.717, 1.165) is 17.4 Å². The molecule has 3 aromatic rings. The maximum absolute atomic E-state index is 8.80. The van der Waals surface area contributed by atoms with Crippen LogP contribution in [-0.2, 0) is 6.54 Å². The van der Waals surface area contributed by atoms with Crippen LogP contribution in [0.3, 0.4) is 0 Å². The Balaban J connectivity index is 2.00. The highest BCUT2D eigenvalue weighted by atomic mass is 127. The van der Waals surface area contributed by atoms with E-state index in [2.05, 4.69) is 68.8 Å². The van der Waals surface area contributed by atoms with Crippen molar-refractivity contribution >= 4 is 39.3 Å². The smallest absolute Gasteiger partial charge is 0.170 e.